The van der Waals surface area contributed by atoms with Crippen molar-refractivity contribution in [3.05, 3.63) is 0 Å². The predicted molar refractivity (Wildman–Crippen MR) is 37.0 cm³/mol. The normalized spacial score (nSPS) is 19.5. The molecule has 0 aromatic heterocycles. The van der Waals surface area contributed by atoms with Crippen molar-refractivity contribution < 1.29 is 31.1 Å². The molecule has 0 rings (SSSR count). The SMILES string of the molecule is CC(F)C(C)(F)OCC(F)(F)C(F)F. The summed E-state index contributed by atoms with van der Waals surface area (Å²) in [6.45, 7) is -0.564. The van der Waals surface area contributed by atoms with Crippen LogP contribution >= 0.6 is 0 Å². The van der Waals surface area contributed by atoms with E-state index in [1.807, 2.05) is 0 Å². The quantitative estimate of drug-likeness (QED) is 0.652. The van der Waals surface area contributed by atoms with E-state index in [1.54, 1.807) is 0 Å². The first kappa shape index (κ1) is 13.5. The highest BCUT2D eigenvalue weighted by atomic mass is 19.3. The van der Waals surface area contributed by atoms with Gasteiger partial charge >= 0.3 is 12.3 Å². The fourth-order valence-electron chi connectivity index (χ4n) is 0.415. The van der Waals surface area contributed by atoms with Crippen LogP contribution in [0.1, 0.15) is 13.8 Å². The highest BCUT2D eigenvalue weighted by Gasteiger charge is 2.44. The van der Waals surface area contributed by atoms with E-state index < -0.39 is 31.0 Å². The Morgan fingerprint density at radius 1 is 1.14 bits per heavy atom. The molecule has 2 unspecified atom stereocenters. The molecule has 0 spiro atoms. The molecule has 0 aliphatic rings. The zero-order valence-corrected chi connectivity index (χ0v) is 7.54. The monoisotopic (exact) mass is 224 g/mol. The predicted octanol–water partition coefficient (Wildman–Crippen LogP) is 2.95. The van der Waals surface area contributed by atoms with Crippen LogP contribution in [-0.2, 0) is 4.74 Å². The summed E-state index contributed by atoms with van der Waals surface area (Å²) in [7, 11) is 0. The van der Waals surface area contributed by atoms with E-state index in [4.69, 9.17) is 0 Å². The molecule has 0 aliphatic carbocycles. The minimum atomic E-state index is -4.47. The third kappa shape index (κ3) is 3.73. The number of rotatable bonds is 5. The number of hydrogen-bond donors (Lipinski definition) is 0. The molecule has 86 valence electrons. The van der Waals surface area contributed by atoms with E-state index in [1.165, 1.54) is 0 Å². The average molecular weight is 224 g/mol. The summed E-state index contributed by atoms with van der Waals surface area (Å²) in [4.78, 5) is 0. The van der Waals surface area contributed by atoms with Crippen molar-refractivity contribution in [2.75, 3.05) is 6.61 Å². The van der Waals surface area contributed by atoms with Crippen LogP contribution in [0.5, 0.6) is 0 Å². The molecule has 0 aromatic carbocycles. The minimum Gasteiger partial charge on any atom is -0.337 e. The lowest BCUT2D eigenvalue weighted by molar-refractivity contribution is -0.237. The van der Waals surface area contributed by atoms with Gasteiger partial charge in [-0.3, -0.25) is 0 Å². The third-order valence-electron chi connectivity index (χ3n) is 1.58. The lowest BCUT2D eigenvalue weighted by Gasteiger charge is -2.25. The number of alkyl halides is 6. The smallest absolute Gasteiger partial charge is 0.330 e. The molecule has 14 heavy (non-hydrogen) atoms. The average Bonchev–Trinajstić information content (AvgIpc) is 2.01. The van der Waals surface area contributed by atoms with Gasteiger partial charge in [0.15, 0.2) is 6.17 Å². The maximum absolute atomic E-state index is 12.8. The molecule has 0 amide bonds. The van der Waals surface area contributed by atoms with Crippen molar-refractivity contribution >= 4 is 0 Å². The van der Waals surface area contributed by atoms with E-state index in [0.717, 1.165) is 6.92 Å². The summed E-state index contributed by atoms with van der Waals surface area (Å²) in [5.74, 6) is -7.46. The Bertz CT molecular complexity index is 159. The first-order valence-corrected chi connectivity index (χ1v) is 3.72. The molecule has 0 saturated carbocycles. The minimum absolute atomic E-state index is 0.555. The summed E-state index contributed by atoms with van der Waals surface area (Å²) in [6, 6.07) is 0. The van der Waals surface area contributed by atoms with E-state index in [2.05, 4.69) is 4.74 Å². The van der Waals surface area contributed by atoms with Crippen LogP contribution in [0.2, 0.25) is 0 Å². The lowest BCUT2D eigenvalue weighted by Crippen LogP contribution is -2.40. The fraction of sp³-hybridized carbons (Fsp3) is 1.00. The maximum Gasteiger partial charge on any atom is 0.330 e. The van der Waals surface area contributed by atoms with Gasteiger partial charge in [0.25, 0.3) is 0 Å². The van der Waals surface area contributed by atoms with Crippen molar-refractivity contribution in [1.29, 1.82) is 0 Å². The van der Waals surface area contributed by atoms with Crippen LogP contribution < -0.4 is 0 Å². The molecule has 0 N–H and O–H groups in total. The summed E-state index contributed by atoms with van der Waals surface area (Å²) < 4.78 is 76.3. The van der Waals surface area contributed by atoms with Gasteiger partial charge in [-0.15, -0.1) is 0 Å². The molecule has 0 aliphatic heterocycles. The fourth-order valence-corrected chi connectivity index (χ4v) is 0.415. The molecule has 0 aromatic rings. The summed E-state index contributed by atoms with van der Waals surface area (Å²) in [5, 5.41) is 0. The summed E-state index contributed by atoms with van der Waals surface area (Å²) in [5.41, 5.74) is 0. The molecule has 0 fully saturated rings. The van der Waals surface area contributed by atoms with Crippen LogP contribution in [0.3, 0.4) is 0 Å². The standard InChI is InChI=1S/C7H10F6O/c1-4(8)6(2,11)14-3-7(12,13)5(9)10/h4-5H,3H2,1-2H3. The van der Waals surface area contributed by atoms with Crippen molar-refractivity contribution in [1.82, 2.24) is 0 Å². The van der Waals surface area contributed by atoms with E-state index in [9.17, 15) is 26.3 Å². The second kappa shape index (κ2) is 4.37. The van der Waals surface area contributed by atoms with Crippen molar-refractivity contribution in [3.8, 4) is 0 Å². The number of ether oxygens (including phenoxy) is 1. The van der Waals surface area contributed by atoms with Gasteiger partial charge in [0.2, 0.25) is 5.85 Å². The topological polar surface area (TPSA) is 9.23 Å². The largest absolute Gasteiger partial charge is 0.337 e. The van der Waals surface area contributed by atoms with Crippen LogP contribution in [-0.4, -0.2) is 31.0 Å². The highest BCUT2D eigenvalue weighted by molar-refractivity contribution is 4.73. The highest BCUT2D eigenvalue weighted by Crippen LogP contribution is 2.27. The van der Waals surface area contributed by atoms with E-state index in [0.29, 0.717) is 6.92 Å². The molecule has 0 bridgehead atoms. The van der Waals surface area contributed by atoms with Crippen LogP contribution in [0.4, 0.5) is 26.3 Å². The molecule has 7 heteroatoms. The molecule has 1 nitrogen and oxygen atoms in total. The number of hydrogen-bond acceptors (Lipinski definition) is 1. The Labute approximate surface area is 77.0 Å². The van der Waals surface area contributed by atoms with Gasteiger partial charge in [0.05, 0.1) is 0 Å². The maximum atomic E-state index is 12.8. The van der Waals surface area contributed by atoms with E-state index in [-0.39, 0.29) is 0 Å². The molecule has 0 saturated heterocycles. The second-order valence-electron chi connectivity index (χ2n) is 2.95. The molecule has 0 heterocycles. The zero-order chi connectivity index (χ0) is 11.6. The van der Waals surface area contributed by atoms with Gasteiger partial charge in [0, 0.05) is 0 Å². The van der Waals surface area contributed by atoms with Crippen molar-refractivity contribution in [2.24, 2.45) is 0 Å². The molecule has 2 atom stereocenters. The summed E-state index contributed by atoms with van der Waals surface area (Å²) in [6.07, 6.45) is -6.15. The van der Waals surface area contributed by atoms with Crippen LogP contribution in [0.25, 0.3) is 0 Å². The second-order valence-corrected chi connectivity index (χ2v) is 2.95. The van der Waals surface area contributed by atoms with Gasteiger partial charge in [-0.25, -0.2) is 17.6 Å². The Kier molecular flexibility index (Phi) is 4.23. The van der Waals surface area contributed by atoms with Crippen LogP contribution in [0.15, 0.2) is 0 Å². The Hall–Kier alpha value is -0.460. The van der Waals surface area contributed by atoms with Gasteiger partial charge in [-0.2, -0.15) is 8.78 Å². The van der Waals surface area contributed by atoms with Gasteiger partial charge in [0.1, 0.15) is 6.61 Å². The summed E-state index contributed by atoms with van der Waals surface area (Å²) >= 11 is 0. The van der Waals surface area contributed by atoms with E-state index >= 15 is 0 Å². The first-order chi connectivity index (χ1) is 6.09. The third-order valence-corrected chi connectivity index (χ3v) is 1.58. The molecule has 0 radical (unpaired) electrons. The Balaban J connectivity index is 4.18. The Morgan fingerprint density at radius 2 is 1.57 bits per heavy atom. The lowest BCUT2D eigenvalue weighted by atomic mass is 10.2. The zero-order valence-electron chi connectivity index (χ0n) is 7.54. The van der Waals surface area contributed by atoms with Crippen LogP contribution in [0, 0.1) is 0 Å². The molecular weight excluding hydrogens is 214 g/mol. The Morgan fingerprint density at radius 3 is 1.86 bits per heavy atom. The molecular formula is C7H10F6O. The number of halogens is 6. The van der Waals surface area contributed by atoms with Crippen molar-refractivity contribution in [2.45, 2.75) is 38.2 Å². The van der Waals surface area contributed by atoms with Gasteiger partial charge in [-0.1, -0.05) is 0 Å². The van der Waals surface area contributed by atoms with Gasteiger partial charge < -0.3 is 4.74 Å². The van der Waals surface area contributed by atoms with Crippen molar-refractivity contribution in [3.63, 3.8) is 0 Å². The first-order valence-electron chi connectivity index (χ1n) is 3.72. The van der Waals surface area contributed by atoms with Gasteiger partial charge in [-0.05, 0) is 13.8 Å².